The summed E-state index contributed by atoms with van der Waals surface area (Å²) in [5.41, 5.74) is -3.35. The summed E-state index contributed by atoms with van der Waals surface area (Å²) < 4.78 is 53.5. The summed E-state index contributed by atoms with van der Waals surface area (Å²) in [7, 11) is 7.22. The molecule has 4 heterocycles. The molecule has 4 aliphatic rings. The Bertz CT molecular complexity index is 2290. The summed E-state index contributed by atoms with van der Waals surface area (Å²) in [6, 6.07) is 5.06. The first-order valence-electron chi connectivity index (χ1n) is 27.8. The fourth-order valence-corrected chi connectivity index (χ4v) is 12.3. The van der Waals surface area contributed by atoms with Crippen LogP contribution >= 0.6 is 0 Å². The van der Waals surface area contributed by atoms with E-state index in [1.807, 2.05) is 88.3 Å². The van der Waals surface area contributed by atoms with E-state index in [2.05, 4.69) is 0 Å². The summed E-state index contributed by atoms with van der Waals surface area (Å²) >= 11 is 0. The van der Waals surface area contributed by atoms with Crippen molar-refractivity contribution < 1.29 is 73.0 Å². The minimum absolute atomic E-state index is 0.173. The Labute approximate surface area is 450 Å². The summed E-state index contributed by atoms with van der Waals surface area (Å²) in [4.78, 5) is 43.4. The third-order valence-electron chi connectivity index (χ3n) is 16.9. The molecule has 5 N–H and O–H groups in total. The lowest BCUT2D eigenvalue weighted by atomic mass is 9.77. The van der Waals surface area contributed by atoms with E-state index in [0.29, 0.717) is 57.4 Å². The first-order valence-corrected chi connectivity index (χ1v) is 27.8. The van der Waals surface area contributed by atoms with Gasteiger partial charge >= 0.3 is 11.9 Å². The van der Waals surface area contributed by atoms with Crippen molar-refractivity contribution in [3.05, 3.63) is 45.7 Å². The third-order valence-corrected chi connectivity index (χ3v) is 16.9. The number of carboxylic acid groups (broad SMARTS) is 1. The first-order chi connectivity index (χ1) is 35.6. The number of hydrogen-bond acceptors (Lipinski definition) is 17. The van der Waals surface area contributed by atoms with Gasteiger partial charge in [0.25, 0.3) is 0 Å². The highest BCUT2D eigenvalue weighted by Gasteiger charge is 2.53. The van der Waals surface area contributed by atoms with Gasteiger partial charge in [0.1, 0.15) is 35.6 Å². The molecule has 76 heavy (non-hydrogen) atoms. The maximum absolute atomic E-state index is 14.6. The Hall–Kier alpha value is -3.15. The maximum atomic E-state index is 14.6. The topological polar surface area (TPSA) is 238 Å². The Morgan fingerprint density at radius 2 is 1.61 bits per heavy atom. The van der Waals surface area contributed by atoms with Gasteiger partial charge < -0.3 is 77.8 Å². The highest BCUT2D eigenvalue weighted by Crippen LogP contribution is 2.41. The van der Waals surface area contributed by atoms with Crippen molar-refractivity contribution in [2.24, 2.45) is 17.8 Å². The summed E-state index contributed by atoms with van der Waals surface area (Å²) in [6.45, 7) is 19.7. The molecule has 0 bridgehead atoms. The molecule has 18 atom stereocenters. The molecule has 0 amide bonds. The standard InChI is InChI=1S/C57H93N3O16/c1-15-44-57(10,68)49(63)36(6)59(13)30-32(2)28-55(8,67)50(76-54-47(62)43(58(11)12)26-33(3)72-54)34(4)48(35(5)53(66)74-44)75-45-29-56(9,69-14)51(37(7)73-45)71-25-17-24-70-23-16-18-38-19-22-42-40(27-38)46(61)41(52(64)65)31-60(42)39-20-21-39/h19,22,27,31-37,39,43-45,47-51,54,62-63,67-68H,15-18,20-21,23-26,28-30H2,1-14H3,(H,64,65). The zero-order chi connectivity index (χ0) is 56.2. The maximum Gasteiger partial charge on any atom is 0.341 e. The minimum atomic E-state index is -1.84. The summed E-state index contributed by atoms with van der Waals surface area (Å²) in [5.74, 6) is -3.92. The molecule has 2 aromatic rings. The molecule has 4 fully saturated rings. The highest BCUT2D eigenvalue weighted by molar-refractivity contribution is 5.92. The fraction of sp³-hybridized carbons (Fsp3) is 0.807. The van der Waals surface area contributed by atoms with E-state index in [4.69, 9.17) is 37.9 Å². The number of ether oxygens (including phenoxy) is 8. The number of rotatable bonds is 18. The second-order valence-corrected chi connectivity index (χ2v) is 23.7. The molecule has 432 valence electrons. The fourth-order valence-electron chi connectivity index (χ4n) is 12.3. The molecule has 1 aromatic heterocycles. The highest BCUT2D eigenvalue weighted by atomic mass is 16.7. The number of aliphatic hydroxyl groups excluding tert-OH is 2. The zero-order valence-electron chi connectivity index (χ0n) is 47.8. The van der Waals surface area contributed by atoms with Gasteiger partial charge in [-0.05, 0) is 145 Å². The van der Waals surface area contributed by atoms with Crippen LogP contribution in [0.5, 0.6) is 0 Å². The number of carbonyl (C=O) groups is 2. The van der Waals surface area contributed by atoms with Crippen LogP contribution in [0.3, 0.4) is 0 Å². The van der Waals surface area contributed by atoms with E-state index in [-0.39, 0.29) is 48.9 Å². The number of hydrogen-bond donors (Lipinski definition) is 5. The van der Waals surface area contributed by atoms with E-state index in [1.165, 1.54) is 13.1 Å². The van der Waals surface area contributed by atoms with Gasteiger partial charge in [0, 0.05) is 75.5 Å². The second kappa shape index (κ2) is 26.0. The average molecular weight is 1080 g/mol. The van der Waals surface area contributed by atoms with E-state index in [9.17, 15) is 39.9 Å². The van der Waals surface area contributed by atoms with Crippen LogP contribution in [0.1, 0.15) is 143 Å². The van der Waals surface area contributed by atoms with Crippen molar-refractivity contribution in [3.63, 3.8) is 0 Å². The predicted molar refractivity (Wildman–Crippen MR) is 285 cm³/mol. The van der Waals surface area contributed by atoms with Crippen LogP contribution in [0.2, 0.25) is 0 Å². The molecule has 0 radical (unpaired) electrons. The number of cyclic esters (lactones) is 1. The Morgan fingerprint density at radius 1 is 0.921 bits per heavy atom. The van der Waals surface area contributed by atoms with Crippen molar-refractivity contribution in [3.8, 4) is 0 Å². The molecule has 1 aliphatic carbocycles. The van der Waals surface area contributed by atoms with Gasteiger partial charge in [0.2, 0.25) is 5.43 Å². The van der Waals surface area contributed by atoms with E-state index in [1.54, 1.807) is 34.8 Å². The number of aryl methyl sites for hydroxylation is 1. The Kier molecular flexibility index (Phi) is 21.2. The predicted octanol–water partition coefficient (Wildman–Crippen LogP) is 5.31. The van der Waals surface area contributed by atoms with Crippen molar-refractivity contribution in [1.82, 2.24) is 14.4 Å². The van der Waals surface area contributed by atoms with Crippen LogP contribution in [0.25, 0.3) is 10.9 Å². The van der Waals surface area contributed by atoms with Crippen LogP contribution in [0.15, 0.2) is 29.2 Å². The number of pyridine rings is 1. The Balaban J connectivity index is 1.15. The second-order valence-electron chi connectivity index (χ2n) is 23.7. The average Bonchev–Trinajstić information content (AvgIpc) is 4.20. The number of aromatic carboxylic acids is 1. The lowest BCUT2D eigenvalue weighted by Crippen LogP contribution is -2.61. The van der Waals surface area contributed by atoms with Crippen molar-refractivity contribution >= 4 is 22.8 Å². The van der Waals surface area contributed by atoms with Crippen LogP contribution in [0.4, 0.5) is 0 Å². The van der Waals surface area contributed by atoms with Gasteiger partial charge in [-0.3, -0.25) is 9.59 Å². The van der Waals surface area contributed by atoms with Gasteiger partial charge in [0.15, 0.2) is 12.6 Å². The zero-order valence-corrected chi connectivity index (χ0v) is 47.8. The SMILES string of the molecule is CCC1OC(=O)C(C)C(OC2CC(C)(OC)C(OCCCOCCCc3ccc4c(c3)c(=O)c(C(=O)O)cn4C3CC3)C(C)O2)C(C)C(OC2OC(C)CC(N(C)C)C2O)C(C)(O)CC(C)CN(C)C(C)C(O)C1(C)O. The smallest absolute Gasteiger partial charge is 0.341 e. The van der Waals surface area contributed by atoms with Crippen molar-refractivity contribution in [2.75, 3.05) is 54.6 Å². The number of methoxy groups -OCH3 is 1. The van der Waals surface area contributed by atoms with Gasteiger partial charge in [0.05, 0.1) is 47.1 Å². The monoisotopic (exact) mass is 1080 g/mol. The van der Waals surface area contributed by atoms with E-state index < -0.39 is 107 Å². The molecule has 1 aromatic carbocycles. The number of aromatic nitrogens is 1. The molecule has 1 saturated carbocycles. The number of esters is 1. The molecule has 19 nitrogen and oxygen atoms in total. The molecule has 18 unspecified atom stereocenters. The number of benzene rings is 1. The molecule has 3 aliphatic heterocycles. The van der Waals surface area contributed by atoms with E-state index >= 15 is 0 Å². The molecule has 19 heteroatoms. The van der Waals surface area contributed by atoms with Crippen LogP contribution in [-0.4, -0.2) is 197 Å². The van der Waals surface area contributed by atoms with Crippen molar-refractivity contribution in [1.29, 1.82) is 0 Å². The quantitative estimate of drug-likeness (QED) is 0.0939. The van der Waals surface area contributed by atoms with Crippen LogP contribution in [0, 0.1) is 17.8 Å². The molecule has 6 rings (SSSR count). The molecular formula is C57H93N3O16. The molecule has 3 saturated heterocycles. The number of likely N-dealkylation sites (N-methyl/N-ethyl adjacent to an activating group) is 2. The number of aliphatic hydroxyl groups is 4. The van der Waals surface area contributed by atoms with Gasteiger partial charge in [-0.2, -0.15) is 0 Å². The number of carboxylic acids is 1. The first kappa shape index (κ1) is 62.1. The number of carbonyl (C=O) groups excluding carboxylic acids is 1. The van der Waals surface area contributed by atoms with Gasteiger partial charge in [-0.1, -0.05) is 26.8 Å². The Morgan fingerprint density at radius 3 is 2.24 bits per heavy atom. The molecule has 0 spiro atoms. The normalized spacial score (nSPS) is 38.7. The van der Waals surface area contributed by atoms with E-state index in [0.717, 1.165) is 23.9 Å². The molecular weight excluding hydrogens is 983 g/mol. The van der Waals surface area contributed by atoms with Crippen LogP contribution in [-0.2, 0) is 49.1 Å². The van der Waals surface area contributed by atoms with Gasteiger partial charge in [-0.25, -0.2) is 4.79 Å². The largest absolute Gasteiger partial charge is 0.477 e. The summed E-state index contributed by atoms with van der Waals surface area (Å²) in [6.07, 6.45) is -2.57. The third kappa shape index (κ3) is 14.4. The van der Waals surface area contributed by atoms with Gasteiger partial charge in [-0.15, -0.1) is 0 Å². The lowest BCUT2D eigenvalue weighted by molar-refractivity contribution is -0.320. The number of nitrogens with zero attached hydrogens (tertiary/aromatic N) is 3. The summed E-state index contributed by atoms with van der Waals surface area (Å²) in [5, 5.41) is 58.2. The van der Waals surface area contributed by atoms with Crippen LogP contribution < -0.4 is 5.43 Å². The number of fused-ring (bicyclic) bond motifs is 1. The lowest BCUT2D eigenvalue weighted by Gasteiger charge is -2.49. The minimum Gasteiger partial charge on any atom is -0.477 e. The van der Waals surface area contributed by atoms with Crippen molar-refractivity contribution in [2.45, 2.75) is 223 Å².